The molecule has 1 aliphatic carbocycles. The lowest BCUT2D eigenvalue weighted by Crippen LogP contribution is -2.44. The van der Waals surface area contributed by atoms with Crippen molar-refractivity contribution in [2.45, 2.75) is 17.9 Å². The van der Waals surface area contributed by atoms with Crippen LogP contribution < -0.4 is 9.47 Å². The summed E-state index contributed by atoms with van der Waals surface area (Å²) in [6, 6.07) is 34.9. The number of rotatable bonds is 8. The maximum atomic E-state index is 14.1. The highest BCUT2D eigenvalue weighted by Gasteiger charge is 2.48. The number of ketones is 1. The predicted octanol–water partition coefficient (Wildman–Crippen LogP) is 7.06. The number of methoxy groups -OCH3 is 2. The van der Waals surface area contributed by atoms with Crippen LogP contribution in [-0.4, -0.2) is 25.1 Å². The van der Waals surface area contributed by atoms with E-state index in [2.05, 4.69) is 0 Å². The van der Waals surface area contributed by atoms with Gasteiger partial charge in [0, 0.05) is 5.92 Å². The molecule has 0 aromatic heterocycles. The molecule has 1 aliphatic rings. The SMILES string of the molecule is COc1ccc(C2=C[C@](O)(c3ccc(OC)cc3)[C@H](C(=O)/C=C/c3ccccc3)[C@@H](c3ccccc3)C2)cc1. The maximum Gasteiger partial charge on any atom is 0.162 e. The summed E-state index contributed by atoms with van der Waals surface area (Å²) in [6.07, 6.45) is 5.90. The molecular formula is C35H32O4. The topological polar surface area (TPSA) is 55.8 Å². The van der Waals surface area contributed by atoms with Gasteiger partial charge < -0.3 is 14.6 Å². The van der Waals surface area contributed by atoms with Gasteiger partial charge in [-0.1, -0.05) is 91.0 Å². The molecule has 0 radical (unpaired) electrons. The minimum absolute atomic E-state index is 0.129. The highest BCUT2D eigenvalue weighted by Crippen LogP contribution is 2.51. The lowest BCUT2D eigenvalue weighted by molar-refractivity contribution is -0.127. The summed E-state index contributed by atoms with van der Waals surface area (Å²) in [5.74, 6) is 0.322. The highest BCUT2D eigenvalue weighted by atomic mass is 16.5. The summed E-state index contributed by atoms with van der Waals surface area (Å²) in [5, 5.41) is 12.6. The van der Waals surface area contributed by atoms with Crippen LogP contribution in [-0.2, 0) is 10.4 Å². The number of allylic oxidation sites excluding steroid dienone is 2. The number of ether oxygens (including phenoxy) is 2. The molecule has 0 unspecified atom stereocenters. The Balaban J connectivity index is 1.67. The van der Waals surface area contributed by atoms with Crippen molar-refractivity contribution in [1.29, 1.82) is 0 Å². The number of aliphatic hydroxyl groups is 1. The minimum Gasteiger partial charge on any atom is -0.497 e. The summed E-state index contributed by atoms with van der Waals surface area (Å²) in [7, 11) is 3.25. The Morgan fingerprint density at radius 3 is 1.95 bits per heavy atom. The molecule has 0 saturated carbocycles. The molecule has 4 aromatic rings. The van der Waals surface area contributed by atoms with E-state index in [4.69, 9.17) is 9.47 Å². The minimum atomic E-state index is -1.56. The van der Waals surface area contributed by atoms with E-state index in [-0.39, 0.29) is 11.7 Å². The van der Waals surface area contributed by atoms with Crippen LogP contribution in [0.1, 0.15) is 34.6 Å². The zero-order chi connectivity index (χ0) is 27.2. The highest BCUT2D eigenvalue weighted by molar-refractivity contribution is 5.98. The van der Waals surface area contributed by atoms with Crippen LogP contribution >= 0.6 is 0 Å². The van der Waals surface area contributed by atoms with Gasteiger partial charge in [0.1, 0.15) is 17.1 Å². The van der Waals surface area contributed by atoms with Crippen LogP contribution in [0.5, 0.6) is 11.5 Å². The van der Waals surface area contributed by atoms with Crippen molar-refractivity contribution >= 4 is 17.4 Å². The fourth-order valence-corrected chi connectivity index (χ4v) is 5.47. The third-order valence-electron chi connectivity index (χ3n) is 7.50. The average Bonchev–Trinajstić information content (AvgIpc) is 3.00. The van der Waals surface area contributed by atoms with Crippen molar-refractivity contribution in [2.24, 2.45) is 5.92 Å². The van der Waals surface area contributed by atoms with Gasteiger partial charge in [-0.3, -0.25) is 4.79 Å². The number of benzene rings is 4. The molecule has 0 bridgehead atoms. The Hall–Kier alpha value is -4.41. The van der Waals surface area contributed by atoms with Crippen LogP contribution in [0.15, 0.2) is 121 Å². The Kier molecular flexibility index (Phi) is 7.76. The van der Waals surface area contributed by atoms with E-state index in [0.717, 1.165) is 28.0 Å². The third-order valence-corrected chi connectivity index (χ3v) is 7.50. The van der Waals surface area contributed by atoms with E-state index < -0.39 is 11.5 Å². The monoisotopic (exact) mass is 516 g/mol. The van der Waals surface area contributed by atoms with Gasteiger partial charge in [0.2, 0.25) is 0 Å². The molecule has 196 valence electrons. The van der Waals surface area contributed by atoms with Crippen molar-refractivity contribution in [3.63, 3.8) is 0 Å². The van der Waals surface area contributed by atoms with Crippen LogP contribution in [0.3, 0.4) is 0 Å². The van der Waals surface area contributed by atoms with Crippen molar-refractivity contribution < 1.29 is 19.4 Å². The second-order valence-electron chi connectivity index (χ2n) is 9.80. The summed E-state index contributed by atoms with van der Waals surface area (Å²) >= 11 is 0. The molecule has 0 saturated heterocycles. The molecule has 1 N–H and O–H groups in total. The Morgan fingerprint density at radius 2 is 1.36 bits per heavy atom. The first-order valence-corrected chi connectivity index (χ1v) is 13.1. The molecule has 0 spiro atoms. The molecule has 0 aliphatic heterocycles. The van der Waals surface area contributed by atoms with Crippen molar-refractivity contribution in [3.05, 3.63) is 144 Å². The standard InChI is InChI=1S/C35H32O4/c1-38-30-18-14-26(15-19-30)28-23-32(27-11-7-4-8-12-27)34(33(36)22-13-25-9-5-3-6-10-25)35(37,24-28)29-16-20-31(39-2)21-17-29/h3-22,24,32,34,37H,23H2,1-2H3/b22-13+/t32-,34+,35+/m1/s1. The van der Waals surface area contributed by atoms with Gasteiger partial charge in [-0.05, 0) is 70.7 Å². The summed E-state index contributed by atoms with van der Waals surface area (Å²) in [6.45, 7) is 0. The molecule has 39 heavy (non-hydrogen) atoms. The van der Waals surface area contributed by atoms with E-state index in [1.807, 2.05) is 121 Å². The van der Waals surface area contributed by atoms with Crippen molar-refractivity contribution in [2.75, 3.05) is 14.2 Å². The lowest BCUT2D eigenvalue weighted by Gasteiger charge is -2.43. The van der Waals surface area contributed by atoms with Gasteiger partial charge >= 0.3 is 0 Å². The van der Waals surface area contributed by atoms with Gasteiger partial charge in [0.25, 0.3) is 0 Å². The van der Waals surface area contributed by atoms with Gasteiger partial charge in [0.05, 0.1) is 20.1 Å². The van der Waals surface area contributed by atoms with Crippen molar-refractivity contribution in [1.82, 2.24) is 0 Å². The summed E-state index contributed by atoms with van der Waals surface area (Å²) in [5.41, 5.74) is 2.98. The molecule has 4 aromatic carbocycles. The van der Waals surface area contributed by atoms with Gasteiger partial charge in [-0.25, -0.2) is 0 Å². The largest absolute Gasteiger partial charge is 0.497 e. The van der Waals surface area contributed by atoms with E-state index in [9.17, 15) is 9.90 Å². The van der Waals surface area contributed by atoms with Gasteiger partial charge in [-0.15, -0.1) is 0 Å². The van der Waals surface area contributed by atoms with Gasteiger partial charge in [0.15, 0.2) is 5.78 Å². The fourth-order valence-electron chi connectivity index (χ4n) is 5.47. The molecular weight excluding hydrogens is 484 g/mol. The predicted molar refractivity (Wildman–Crippen MR) is 156 cm³/mol. The molecule has 0 amide bonds. The number of carbonyl (C=O) groups excluding carboxylic acids is 1. The number of carbonyl (C=O) groups is 1. The molecule has 4 nitrogen and oxygen atoms in total. The zero-order valence-corrected chi connectivity index (χ0v) is 22.2. The summed E-state index contributed by atoms with van der Waals surface area (Å²) < 4.78 is 10.7. The first kappa shape index (κ1) is 26.2. The van der Waals surface area contributed by atoms with Crippen LogP contribution in [0.2, 0.25) is 0 Å². The van der Waals surface area contributed by atoms with E-state index in [1.54, 1.807) is 20.3 Å². The fraction of sp³-hybridized carbons (Fsp3) is 0.171. The summed E-state index contributed by atoms with van der Waals surface area (Å²) in [4.78, 5) is 14.1. The van der Waals surface area contributed by atoms with E-state index in [1.165, 1.54) is 0 Å². The smallest absolute Gasteiger partial charge is 0.162 e. The van der Waals surface area contributed by atoms with Crippen molar-refractivity contribution in [3.8, 4) is 11.5 Å². The normalized spacial score (nSPS) is 20.8. The number of hydrogen-bond donors (Lipinski definition) is 1. The van der Waals surface area contributed by atoms with Gasteiger partial charge in [-0.2, -0.15) is 0 Å². The van der Waals surface area contributed by atoms with Crippen LogP contribution in [0.25, 0.3) is 11.6 Å². The molecule has 0 fully saturated rings. The Bertz CT molecular complexity index is 1460. The molecule has 5 rings (SSSR count). The lowest BCUT2D eigenvalue weighted by atomic mass is 9.63. The molecule has 0 heterocycles. The van der Waals surface area contributed by atoms with E-state index in [0.29, 0.717) is 17.7 Å². The van der Waals surface area contributed by atoms with Crippen LogP contribution in [0, 0.1) is 5.92 Å². The average molecular weight is 517 g/mol. The third kappa shape index (κ3) is 5.57. The van der Waals surface area contributed by atoms with Crippen LogP contribution in [0.4, 0.5) is 0 Å². The molecule has 4 heteroatoms. The number of hydrogen-bond acceptors (Lipinski definition) is 4. The second-order valence-corrected chi connectivity index (χ2v) is 9.80. The molecule has 3 atom stereocenters. The maximum absolute atomic E-state index is 14.1. The zero-order valence-electron chi connectivity index (χ0n) is 22.2. The van der Waals surface area contributed by atoms with E-state index >= 15 is 0 Å². The second kappa shape index (κ2) is 11.5. The first-order chi connectivity index (χ1) is 19.0. The Morgan fingerprint density at radius 1 is 0.795 bits per heavy atom. The quantitative estimate of drug-likeness (QED) is 0.255. The Labute approximate surface area is 229 Å². The first-order valence-electron chi connectivity index (χ1n) is 13.1.